The van der Waals surface area contributed by atoms with Gasteiger partial charge in [-0.25, -0.2) is 14.6 Å². The van der Waals surface area contributed by atoms with Crippen molar-refractivity contribution >= 4 is 12.0 Å². The second-order valence-electron chi connectivity index (χ2n) is 4.79. The van der Waals surface area contributed by atoms with Crippen molar-refractivity contribution in [2.75, 3.05) is 13.6 Å². The van der Waals surface area contributed by atoms with E-state index in [1.807, 2.05) is 0 Å². The molecule has 7 nitrogen and oxygen atoms in total. The Morgan fingerprint density at radius 1 is 1.53 bits per heavy atom. The van der Waals surface area contributed by atoms with Crippen LogP contribution in [0.5, 0.6) is 0 Å². The minimum Gasteiger partial charge on any atom is -0.480 e. The van der Waals surface area contributed by atoms with Crippen LogP contribution in [0, 0.1) is 0 Å². The summed E-state index contributed by atoms with van der Waals surface area (Å²) in [7, 11) is 1.47. The molecule has 106 valence electrons. The monoisotopic (exact) mass is 268 g/mol. The van der Waals surface area contributed by atoms with Gasteiger partial charge < -0.3 is 20.3 Å². The lowest BCUT2D eigenvalue weighted by Gasteiger charge is -2.31. The van der Waals surface area contributed by atoms with E-state index < -0.39 is 17.5 Å². The average molecular weight is 268 g/mol. The number of hydrogen-bond donors (Lipinski definition) is 3. The van der Waals surface area contributed by atoms with Gasteiger partial charge in [-0.2, -0.15) is 0 Å². The van der Waals surface area contributed by atoms with Crippen molar-refractivity contribution in [3.05, 3.63) is 18.2 Å². The molecule has 7 heteroatoms. The first kappa shape index (κ1) is 15.0. The number of aliphatic carboxylic acids is 1. The van der Waals surface area contributed by atoms with Crippen LogP contribution >= 0.6 is 0 Å². The molecule has 1 heterocycles. The number of imidazole rings is 1. The van der Waals surface area contributed by atoms with E-state index in [1.165, 1.54) is 25.8 Å². The third kappa shape index (κ3) is 3.97. The number of nitrogens with one attached hydrogen (secondary N) is 2. The summed E-state index contributed by atoms with van der Waals surface area (Å²) in [6.45, 7) is 3.44. The molecule has 0 atom stereocenters. The molecule has 3 N–H and O–H groups in total. The van der Waals surface area contributed by atoms with Crippen molar-refractivity contribution < 1.29 is 14.7 Å². The SMILES string of the molecule is CN(C(=O)NCCCc1ncc[nH]1)C(C)(C)C(=O)O. The first-order valence-electron chi connectivity index (χ1n) is 6.09. The molecule has 0 aliphatic heterocycles. The van der Waals surface area contributed by atoms with Gasteiger partial charge >= 0.3 is 12.0 Å². The number of rotatable bonds is 6. The summed E-state index contributed by atoms with van der Waals surface area (Å²) in [5.74, 6) is -0.172. The highest BCUT2D eigenvalue weighted by Crippen LogP contribution is 2.12. The van der Waals surface area contributed by atoms with Crippen LogP contribution in [0.25, 0.3) is 0 Å². The lowest BCUT2D eigenvalue weighted by Crippen LogP contribution is -2.54. The maximum absolute atomic E-state index is 11.8. The van der Waals surface area contributed by atoms with Gasteiger partial charge in [0.15, 0.2) is 0 Å². The summed E-state index contributed by atoms with van der Waals surface area (Å²) in [5.41, 5.74) is -1.23. The van der Waals surface area contributed by atoms with E-state index in [4.69, 9.17) is 5.11 Å². The van der Waals surface area contributed by atoms with E-state index in [2.05, 4.69) is 15.3 Å². The maximum atomic E-state index is 11.8. The largest absolute Gasteiger partial charge is 0.480 e. The summed E-state index contributed by atoms with van der Waals surface area (Å²) < 4.78 is 0. The Morgan fingerprint density at radius 3 is 2.74 bits per heavy atom. The molecular formula is C12H20N4O3. The van der Waals surface area contributed by atoms with E-state index in [9.17, 15) is 9.59 Å². The topological polar surface area (TPSA) is 98.3 Å². The Bertz CT molecular complexity index is 428. The van der Waals surface area contributed by atoms with Crippen LogP contribution in [-0.2, 0) is 11.2 Å². The molecule has 0 radical (unpaired) electrons. The van der Waals surface area contributed by atoms with Crippen LogP contribution < -0.4 is 5.32 Å². The van der Waals surface area contributed by atoms with E-state index in [0.717, 1.165) is 18.7 Å². The molecule has 1 rings (SSSR count). The van der Waals surface area contributed by atoms with E-state index in [0.29, 0.717) is 6.54 Å². The molecule has 2 amide bonds. The van der Waals surface area contributed by atoms with Gasteiger partial charge in [0.2, 0.25) is 0 Å². The molecule has 1 aromatic heterocycles. The highest BCUT2D eigenvalue weighted by molar-refractivity contribution is 5.85. The number of carboxylic acids is 1. The number of amides is 2. The van der Waals surface area contributed by atoms with Crippen molar-refractivity contribution in [2.45, 2.75) is 32.2 Å². The van der Waals surface area contributed by atoms with Gasteiger partial charge in [0, 0.05) is 32.4 Å². The van der Waals surface area contributed by atoms with E-state index >= 15 is 0 Å². The number of H-pyrrole nitrogens is 1. The van der Waals surface area contributed by atoms with Gasteiger partial charge in [0.1, 0.15) is 11.4 Å². The van der Waals surface area contributed by atoms with Crippen molar-refractivity contribution in [3.63, 3.8) is 0 Å². The summed E-state index contributed by atoms with van der Waals surface area (Å²) in [6, 6.07) is -0.396. The predicted octanol–water partition coefficient (Wildman–Crippen LogP) is 0.847. The third-order valence-electron chi connectivity index (χ3n) is 3.09. The minimum atomic E-state index is -1.23. The molecule has 0 unspecified atom stereocenters. The Kier molecular flexibility index (Phi) is 4.91. The number of aromatic nitrogens is 2. The zero-order valence-corrected chi connectivity index (χ0v) is 11.4. The fraction of sp³-hybridized carbons (Fsp3) is 0.583. The fourth-order valence-corrected chi connectivity index (χ4v) is 1.40. The van der Waals surface area contributed by atoms with Crippen LogP contribution in [0.3, 0.4) is 0 Å². The summed E-state index contributed by atoms with van der Waals surface area (Å²) in [5, 5.41) is 11.7. The number of aromatic amines is 1. The number of carbonyl (C=O) groups is 2. The fourth-order valence-electron chi connectivity index (χ4n) is 1.40. The molecule has 0 fully saturated rings. The smallest absolute Gasteiger partial charge is 0.329 e. The highest BCUT2D eigenvalue weighted by atomic mass is 16.4. The zero-order valence-electron chi connectivity index (χ0n) is 11.4. The third-order valence-corrected chi connectivity index (χ3v) is 3.09. The molecule has 0 aromatic carbocycles. The lowest BCUT2D eigenvalue weighted by molar-refractivity contribution is -0.146. The number of aryl methyl sites for hydroxylation is 1. The molecule has 0 aliphatic rings. The second kappa shape index (κ2) is 6.21. The van der Waals surface area contributed by atoms with Crippen molar-refractivity contribution in [1.29, 1.82) is 0 Å². The first-order valence-corrected chi connectivity index (χ1v) is 6.09. The van der Waals surface area contributed by atoms with Gasteiger partial charge in [-0.15, -0.1) is 0 Å². The minimum absolute atomic E-state index is 0.396. The number of carboxylic acid groups (broad SMARTS) is 1. The molecular weight excluding hydrogens is 248 g/mol. The first-order chi connectivity index (χ1) is 8.85. The van der Waals surface area contributed by atoms with Crippen molar-refractivity contribution in [3.8, 4) is 0 Å². The summed E-state index contributed by atoms with van der Waals surface area (Å²) in [6.07, 6.45) is 4.90. The van der Waals surface area contributed by atoms with Crippen molar-refractivity contribution in [2.24, 2.45) is 0 Å². The molecule has 0 spiro atoms. The molecule has 0 saturated heterocycles. The second-order valence-corrected chi connectivity index (χ2v) is 4.79. The number of nitrogens with zero attached hydrogens (tertiary/aromatic N) is 2. The molecule has 0 saturated carbocycles. The number of urea groups is 1. The Hall–Kier alpha value is -2.05. The maximum Gasteiger partial charge on any atom is 0.329 e. The predicted molar refractivity (Wildman–Crippen MR) is 69.8 cm³/mol. The quantitative estimate of drug-likeness (QED) is 0.666. The Labute approximate surface area is 112 Å². The average Bonchev–Trinajstić information content (AvgIpc) is 2.86. The van der Waals surface area contributed by atoms with E-state index in [-0.39, 0.29) is 0 Å². The highest BCUT2D eigenvalue weighted by Gasteiger charge is 2.34. The van der Waals surface area contributed by atoms with Crippen LogP contribution in [0.2, 0.25) is 0 Å². The lowest BCUT2D eigenvalue weighted by atomic mass is 10.1. The van der Waals surface area contributed by atoms with Crippen molar-refractivity contribution in [1.82, 2.24) is 20.2 Å². The van der Waals surface area contributed by atoms with Gasteiger partial charge in [0.25, 0.3) is 0 Å². The Morgan fingerprint density at radius 2 is 2.21 bits per heavy atom. The number of carbonyl (C=O) groups excluding carboxylic acids is 1. The normalized spacial score (nSPS) is 11.1. The van der Waals surface area contributed by atoms with Crippen LogP contribution in [-0.4, -0.2) is 51.1 Å². The molecule has 19 heavy (non-hydrogen) atoms. The Balaban J connectivity index is 2.33. The van der Waals surface area contributed by atoms with Gasteiger partial charge in [-0.1, -0.05) is 0 Å². The van der Waals surface area contributed by atoms with Crippen LogP contribution in [0.15, 0.2) is 12.4 Å². The summed E-state index contributed by atoms with van der Waals surface area (Å²) >= 11 is 0. The number of hydrogen-bond acceptors (Lipinski definition) is 3. The molecule has 0 bridgehead atoms. The van der Waals surface area contributed by atoms with Crippen LogP contribution in [0.1, 0.15) is 26.1 Å². The van der Waals surface area contributed by atoms with Crippen LogP contribution in [0.4, 0.5) is 4.79 Å². The standard InChI is InChI=1S/C12H20N4O3/c1-12(2,10(17)18)16(3)11(19)15-6-4-5-9-13-7-8-14-9/h7-8H,4-6H2,1-3H3,(H,13,14)(H,15,19)(H,17,18). The van der Waals surface area contributed by atoms with E-state index in [1.54, 1.807) is 12.4 Å². The molecule has 1 aromatic rings. The molecule has 0 aliphatic carbocycles. The number of likely N-dealkylation sites (N-methyl/N-ethyl adjacent to an activating group) is 1. The van der Waals surface area contributed by atoms with Gasteiger partial charge in [0.05, 0.1) is 0 Å². The summed E-state index contributed by atoms with van der Waals surface area (Å²) in [4.78, 5) is 31.0. The van der Waals surface area contributed by atoms with Gasteiger partial charge in [-0.3, -0.25) is 0 Å². The van der Waals surface area contributed by atoms with Gasteiger partial charge in [-0.05, 0) is 20.3 Å². The zero-order chi connectivity index (χ0) is 14.5.